The van der Waals surface area contributed by atoms with Gasteiger partial charge in [-0.15, -0.1) is 0 Å². The van der Waals surface area contributed by atoms with Crippen molar-refractivity contribution in [1.29, 1.82) is 0 Å². The molecule has 1 saturated carbocycles. The Hall–Kier alpha value is -0.200. The Labute approximate surface area is 119 Å². The summed E-state index contributed by atoms with van der Waals surface area (Å²) >= 11 is 0. The first-order valence-corrected chi connectivity index (χ1v) is 7.76. The van der Waals surface area contributed by atoms with Gasteiger partial charge in [0.1, 0.15) is 0 Å². The van der Waals surface area contributed by atoms with E-state index in [-0.39, 0.29) is 5.92 Å². The van der Waals surface area contributed by atoms with Crippen molar-refractivity contribution in [2.45, 2.75) is 69.7 Å². The molecule has 114 valence electrons. The minimum Gasteiger partial charge on any atom is -0.387 e. The molecule has 7 atom stereocenters. The van der Waals surface area contributed by atoms with Crippen LogP contribution in [0.4, 0.5) is 0 Å². The van der Waals surface area contributed by atoms with E-state index in [4.69, 9.17) is 19.2 Å². The second kappa shape index (κ2) is 3.96. The molecule has 5 nitrogen and oxygen atoms in total. The van der Waals surface area contributed by atoms with E-state index in [1.54, 1.807) is 0 Å². The largest absolute Gasteiger partial charge is 0.387 e. The van der Waals surface area contributed by atoms with Crippen molar-refractivity contribution in [2.75, 3.05) is 6.61 Å². The fourth-order valence-electron chi connectivity index (χ4n) is 4.89. The second-order valence-corrected chi connectivity index (χ2v) is 7.52. The third kappa shape index (κ3) is 1.56. The van der Waals surface area contributed by atoms with Crippen LogP contribution >= 0.6 is 0 Å². The summed E-state index contributed by atoms with van der Waals surface area (Å²) in [5.74, 6) is 0.111. The summed E-state index contributed by atoms with van der Waals surface area (Å²) in [6, 6.07) is 0. The molecular formula is C15H24O5. The normalized spacial score (nSPS) is 61.8. The molecule has 5 rings (SSSR count). The zero-order valence-electron chi connectivity index (χ0n) is 12.4. The average molecular weight is 284 g/mol. The smallest absolute Gasteiger partial charge is 0.201 e. The minimum atomic E-state index is -0.889. The SMILES string of the molecule is C[C@@H]1CC[C@@H]2[C@]34OOC(C)(CC[C@@H]13)O[C@H]4OC[C@]2(C)O. The molecule has 1 aliphatic carbocycles. The highest BCUT2D eigenvalue weighted by molar-refractivity contribution is 5.12. The molecule has 0 radical (unpaired) electrons. The maximum atomic E-state index is 10.8. The highest BCUT2D eigenvalue weighted by atomic mass is 17.3. The molecule has 20 heavy (non-hydrogen) atoms. The third-order valence-corrected chi connectivity index (χ3v) is 6.00. The van der Waals surface area contributed by atoms with Gasteiger partial charge in [-0.1, -0.05) is 6.92 Å². The molecule has 0 aromatic heterocycles. The van der Waals surface area contributed by atoms with Crippen LogP contribution in [-0.2, 0) is 19.2 Å². The van der Waals surface area contributed by atoms with Crippen molar-refractivity contribution in [1.82, 2.24) is 0 Å². The van der Waals surface area contributed by atoms with Gasteiger partial charge in [-0.2, -0.15) is 0 Å². The van der Waals surface area contributed by atoms with Crippen LogP contribution in [0.1, 0.15) is 46.5 Å². The number of ether oxygens (including phenoxy) is 2. The highest BCUT2D eigenvalue weighted by Crippen LogP contribution is 2.60. The summed E-state index contributed by atoms with van der Waals surface area (Å²) in [6.45, 7) is 6.32. The molecule has 0 aromatic rings. The zero-order valence-corrected chi connectivity index (χ0v) is 12.4. The molecule has 0 aromatic carbocycles. The van der Waals surface area contributed by atoms with Gasteiger partial charge in [0, 0.05) is 12.3 Å². The number of aliphatic hydroxyl groups is 1. The average Bonchev–Trinajstić information content (AvgIpc) is 2.61. The van der Waals surface area contributed by atoms with Gasteiger partial charge in [0.15, 0.2) is 11.9 Å². The molecule has 0 amide bonds. The van der Waals surface area contributed by atoms with Crippen molar-refractivity contribution >= 4 is 0 Å². The van der Waals surface area contributed by atoms with E-state index in [2.05, 4.69) is 6.92 Å². The van der Waals surface area contributed by atoms with Crippen LogP contribution < -0.4 is 0 Å². The second-order valence-electron chi connectivity index (χ2n) is 7.52. The van der Waals surface area contributed by atoms with Gasteiger partial charge in [0.05, 0.1) is 12.2 Å². The number of rotatable bonds is 0. The fraction of sp³-hybridized carbons (Fsp3) is 1.00. The number of hydrogen-bond acceptors (Lipinski definition) is 5. The summed E-state index contributed by atoms with van der Waals surface area (Å²) in [6.07, 6.45) is 3.40. The number of hydrogen-bond donors (Lipinski definition) is 1. The Kier molecular flexibility index (Phi) is 2.66. The molecule has 1 N–H and O–H groups in total. The van der Waals surface area contributed by atoms with Crippen LogP contribution in [0.25, 0.3) is 0 Å². The van der Waals surface area contributed by atoms with E-state index in [1.807, 2.05) is 13.8 Å². The maximum absolute atomic E-state index is 10.8. The molecule has 5 fully saturated rings. The third-order valence-electron chi connectivity index (χ3n) is 6.00. The van der Waals surface area contributed by atoms with E-state index < -0.39 is 23.3 Å². The van der Waals surface area contributed by atoms with Crippen LogP contribution in [0.3, 0.4) is 0 Å². The Bertz CT molecular complexity index is 424. The first-order chi connectivity index (χ1) is 9.37. The minimum absolute atomic E-state index is 0.00222. The Morgan fingerprint density at radius 1 is 1.10 bits per heavy atom. The van der Waals surface area contributed by atoms with Gasteiger partial charge < -0.3 is 14.6 Å². The molecular weight excluding hydrogens is 260 g/mol. The van der Waals surface area contributed by atoms with Crippen LogP contribution in [-0.4, -0.2) is 35.0 Å². The summed E-state index contributed by atoms with van der Waals surface area (Å²) in [5.41, 5.74) is -1.55. The highest BCUT2D eigenvalue weighted by Gasteiger charge is 2.70. The zero-order chi connectivity index (χ0) is 14.2. The molecule has 1 unspecified atom stereocenters. The van der Waals surface area contributed by atoms with Crippen LogP contribution in [0, 0.1) is 17.8 Å². The Morgan fingerprint density at radius 2 is 1.90 bits per heavy atom. The van der Waals surface area contributed by atoms with Gasteiger partial charge >= 0.3 is 0 Å². The first-order valence-electron chi connectivity index (χ1n) is 7.76. The van der Waals surface area contributed by atoms with Gasteiger partial charge in [-0.3, -0.25) is 0 Å². The molecule has 4 heterocycles. The van der Waals surface area contributed by atoms with E-state index in [1.165, 1.54) is 0 Å². The predicted octanol–water partition coefficient (Wildman–Crippen LogP) is 1.98. The van der Waals surface area contributed by atoms with Crippen LogP contribution in [0.5, 0.6) is 0 Å². The van der Waals surface area contributed by atoms with E-state index in [0.717, 1.165) is 25.7 Å². The number of fused-ring (bicyclic) bond motifs is 2. The maximum Gasteiger partial charge on any atom is 0.201 e. The Morgan fingerprint density at radius 3 is 2.70 bits per heavy atom. The molecule has 5 aliphatic rings. The van der Waals surface area contributed by atoms with Crippen LogP contribution in [0.15, 0.2) is 0 Å². The van der Waals surface area contributed by atoms with Crippen molar-refractivity contribution < 1.29 is 24.4 Å². The first kappa shape index (κ1) is 13.5. The Balaban J connectivity index is 1.83. The summed E-state index contributed by atoms with van der Waals surface area (Å²) in [5, 5.41) is 10.8. The predicted molar refractivity (Wildman–Crippen MR) is 69.4 cm³/mol. The van der Waals surface area contributed by atoms with Gasteiger partial charge in [-0.05, 0) is 44.9 Å². The molecule has 1 spiro atoms. The quantitative estimate of drug-likeness (QED) is 0.689. The van der Waals surface area contributed by atoms with Crippen molar-refractivity contribution in [3.8, 4) is 0 Å². The van der Waals surface area contributed by atoms with Crippen LogP contribution in [0.2, 0.25) is 0 Å². The molecule has 2 bridgehead atoms. The molecule has 4 saturated heterocycles. The standard InChI is InChI=1S/C15H24O5/c1-9-4-5-11-13(2,16)8-17-12-15(11)10(9)6-7-14(3,18-12)19-20-15/h9-12,16H,4-8H2,1-3H3/t9-,10+,11+,12-,13+,14?,15-/m1/s1. The van der Waals surface area contributed by atoms with Gasteiger partial charge in [-0.25, -0.2) is 9.78 Å². The summed E-state index contributed by atoms with van der Waals surface area (Å²) in [7, 11) is 0. The summed E-state index contributed by atoms with van der Waals surface area (Å²) < 4.78 is 12.0. The van der Waals surface area contributed by atoms with Gasteiger partial charge in [0.25, 0.3) is 0 Å². The van der Waals surface area contributed by atoms with E-state index in [0.29, 0.717) is 18.4 Å². The topological polar surface area (TPSA) is 57.2 Å². The van der Waals surface area contributed by atoms with E-state index in [9.17, 15) is 5.11 Å². The fourth-order valence-corrected chi connectivity index (χ4v) is 4.89. The van der Waals surface area contributed by atoms with Crippen molar-refractivity contribution in [3.05, 3.63) is 0 Å². The summed E-state index contributed by atoms with van der Waals surface area (Å²) in [4.78, 5) is 11.6. The van der Waals surface area contributed by atoms with Gasteiger partial charge in [0.2, 0.25) is 5.79 Å². The van der Waals surface area contributed by atoms with Crippen molar-refractivity contribution in [2.24, 2.45) is 17.8 Å². The van der Waals surface area contributed by atoms with Crippen molar-refractivity contribution in [3.63, 3.8) is 0 Å². The molecule has 4 aliphatic heterocycles. The lowest BCUT2D eigenvalue weighted by atomic mass is 9.57. The molecule has 5 heteroatoms. The monoisotopic (exact) mass is 284 g/mol. The lowest BCUT2D eigenvalue weighted by Gasteiger charge is -2.60. The lowest BCUT2D eigenvalue weighted by molar-refractivity contribution is -0.571. The van der Waals surface area contributed by atoms with E-state index >= 15 is 0 Å². The lowest BCUT2D eigenvalue weighted by Crippen LogP contribution is -2.73.